The van der Waals surface area contributed by atoms with Crippen LogP contribution in [0.25, 0.3) is 0 Å². The van der Waals surface area contributed by atoms with Crippen LogP contribution in [0.2, 0.25) is 0 Å². The summed E-state index contributed by atoms with van der Waals surface area (Å²) in [5.74, 6) is -0.778. The summed E-state index contributed by atoms with van der Waals surface area (Å²) in [4.78, 5) is 9.57. The SMILES string of the molecule is CCCCCCCCCCCCCCCC1(CCCCCCCCCCCCCCC)OP(=O)(O)O1. The fraction of sp³-hybridized carbons (Fsp3) is 1.00. The average molecular weight is 531 g/mol. The van der Waals surface area contributed by atoms with Crippen molar-refractivity contribution in [3.8, 4) is 0 Å². The molecular weight excluding hydrogens is 467 g/mol. The molecule has 36 heavy (non-hydrogen) atoms. The predicted molar refractivity (Wildman–Crippen MR) is 155 cm³/mol. The first-order valence-electron chi connectivity index (χ1n) is 16.3. The van der Waals surface area contributed by atoms with Gasteiger partial charge < -0.3 is 4.89 Å². The van der Waals surface area contributed by atoms with Crippen molar-refractivity contribution in [2.75, 3.05) is 0 Å². The number of hydrogen-bond donors (Lipinski definition) is 1. The van der Waals surface area contributed by atoms with E-state index in [2.05, 4.69) is 13.8 Å². The molecule has 1 rings (SSSR count). The third kappa shape index (κ3) is 19.2. The van der Waals surface area contributed by atoms with Crippen LogP contribution >= 0.6 is 7.82 Å². The molecule has 0 aromatic carbocycles. The highest BCUT2D eigenvalue weighted by atomic mass is 31.2. The van der Waals surface area contributed by atoms with Gasteiger partial charge in [-0.1, -0.05) is 168 Å². The van der Waals surface area contributed by atoms with E-state index in [0.29, 0.717) is 0 Å². The Bertz CT molecular complexity index is 483. The maximum Gasteiger partial charge on any atom is 0.477 e. The smallest absolute Gasteiger partial charge is 0.302 e. The lowest BCUT2D eigenvalue weighted by Crippen LogP contribution is -2.42. The van der Waals surface area contributed by atoms with Crippen LogP contribution in [-0.4, -0.2) is 10.7 Å². The van der Waals surface area contributed by atoms with E-state index < -0.39 is 13.6 Å². The highest BCUT2D eigenvalue weighted by Crippen LogP contribution is 2.64. The number of rotatable bonds is 28. The highest BCUT2D eigenvalue weighted by molar-refractivity contribution is 7.48. The number of phosphoric ester groups is 1. The summed E-state index contributed by atoms with van der Waals surface area (Å²) >= 11 is 0. The van der Waals surface area contributed by atoms with Gasteiger partial charge in [0.25, 0.3) is 0 Å². The van der Waals surface area contributed by atoms with E-state index in [1.54, 1.807) is 0 Å². The molecule has 0 amide bonds. The zero-order valence-electron chi connectivity index (χ0n) is 24.4. The second kappa shape index (κ2) is 23.0. The molecule has 0 unspecified atom stereocenters. The van der Waals surface area contributed by atoms with Crippen LogP contribution in [0, 0.1) is 0 Å². The minimum absolute atomic E-state index is 0.758. The molecule has 0 atom stereocenters. The number of hydrogen-bond acceptors (Lipinski definition) is 3. The van der Waals surface area contributed by atoms with E-state index in [0.717, 1.165) is 25.7 Å². The molecule has 216 valence electrons. The topological polar surface area (TPSA) is 55.8 Å². The Balaban J connectivity index is 1.95. The molecule has 1 fully saturated rings. The maximum atomic E-state index is 11.7. The molecule has 0 aliphatic carbocycles. The fourth-order valence-electron chi connectivity index (χ4n) is 5.56. The van der Waals surface area contributed by atoms with Gasteiger partial charge in [0, 0.05) is 12.8 Å². The van der Waals surface area contributed by atoms with Gasteiger partial charge in [-0.05, 0) is 12.8 Å². The third-order valence-corrected chi connectivity index (χ3v) is 9.01. The lowest BCUT2D eigenvalue weighted by molar-refractivity contribution is -0.225. The van der Waals surface area contributed by atoms with E-state index in [9.17, 15) is 9.46 Å². The minimum atomic E-state index is -3.76. The summed E-state index contributed by atoms with van der Waals surface area (Å²) in [5, 5.41) is 0. The lowest BCUT2D eigenvalue weighted by atomic mass is 9.98. The van der Waals surface area contributed by atoms with Crippen LogP contribution in [0.1, 0.15) is 194 Å². The van der Waals surface area contributed by atoms with Crippen molar-refractivity contribution in [3.05, 3.63) is 0 Å². The zero-order valence-corrected chi connectivity index (χ0v) is 25.3. The van der Waals surface area contributed by atoms with Gasteiger partial charge in [0.15, 0.2) is 5.79 Å². The Kier molecular flexibility index (Phi) is 21.8. The predicted octanol–water partition coefficient (Wildman–Crippen LogP) is 11.8. The van der Waals surface area contributed by atoms with Gasteiger partial charge in [0.05, 0.1) is 0 Å². The Hall–Kier alpha value is 0.110. The van der Waals surface area contributed by atoms with E-state index in [4.69, 9.17) is 9.05 Å². The molecule has 1 N–H and O–H groups in total. The van der Waals surface area contributed by atoms with Crippen molar-refractivity contribution < 1.29 is 18.5 Å². The van der Waals surface area contributed by atoms with Crippen LogP contribution in [0.15, 0.2) is 0 Å². The lowest BCUT2D eigenvalue weighted by Gasteiger charge is -2.43. The molecule has 1 heterocycles. The van der Waals surface area contributed by atoms with E-state index >= 15 is 0 Å². The van der Waals surface area contributed by atoms with Gasteiger partial charge >= 0.3 is 7.82 Å². The summed E-state index contributed by atoms with van der Waals surface area (Å²) in [6.07, 6.45) is 36.0. The van der Waals surface area contributed by atoms with Gasteiger partial charge in [-0.2, -0.15) is 0 Å². The molecule has 0 spiro atoms. The first-order chi connectivity index (χ1) is 17.5. The molecule has 1 aliphatic heterocycles. The average Bonchev–Trinajstić information content (AvgIpc) is 2.83. The molecule has 0 aromatic rings. The van der Waals surface area contributed by atoms with Crippen LogP contribution in [-0.2, 0) is 13.6 Å². The quantitative estimate of drug-likeness (QED) is 0.0807. The molecule has 5 heteroatoms. The van der Waals surface area contributed by atoms with Gasteiger partial charge in [-0.3, -0.25) is 9.05 Å². The first kappa shape index (κ1) is 34.1. The minimum Gasteiger partial charge on any atom is -0.302 e. The molecule has 0 radical (unpaired) electrons. The standard InChI is InChI=1S/C31H63O4P/c1-3-5-7-9-11-13-15-17-19-21-23-25-27-29-31(34-36(32,33)35-31)30-28-26-24-22-20-18-16-14-12-10-8-6-4-2/h3-30H2,1-2H3,(H,32,33). The van der Waals surface area contributed by atoms with Crippen molar-refractivity contribution in [2.24, 2.45) is 0 Å². The van der Waals surface area contributed by atoms with E-state index in [1.165, 1.54) is 154 Å². The Morgan fingerprint density at radius 3 is 0.889 bits per heavy atom. The first-order valence-corrected chi connectivity index (χ1v) is 17.8. The van der Waals surface area contributed by atoms with Crippen LogP contribution < -0.4 is 0 Å². The summed E-state index contributed by atoms with van der Waals surface area (Å²) in [7, 11) is -3.76. The Morgan fingerprint density at radius 1 is 0.444 bits per heavy atom. The molecule has 1 aliphatic rings. The van der Waals surface area contributed by atoms with Crippen molar-refractivity contribution >= 4 is 7.82 Å². The van der Waals surface area contributed by atoms with Crippen LogP contribution in [0.5, 0.6) is 0 Å². The normalized spacial score (nSPS) is 16.3. The number of unbranched alkanes of at least 4 members (excludes halogenated alkanes) is 24. The van der Waals surface area contributed by atoms with Crippen molar-refractivity contribution in [1.29, 1.82) is 0 Å². The van der Waals surface area contributed by atoms with E-state index in [1.807, 2.05) is 0 Å². The second-order valence-corrected chi connectivity index (χ2v) is 12.8. The largest absolute Gasteiger partial charge is 0.477 e. The summed E-state index contributed by atoms with van der Waals surface area (Å²) in [6.45, 7) is 4.55. The third-order valence-electron chi connectivity index (χ3n) is 7.89. The van der Waals surface area contributed by atoms with E-state index in [-0.39, 0.29) is 0 Å². The van der Waals surface area contributed by atoms with Crippen LogP contribution in [0.4, 0.5) is 0 Å². The van der Waals surface area contributed by atoms with Crippen LogP contribution in [0.3, 0.4) is 0 Å². The van der Waals surface area contributed by atoms with Gasteiger partial charge in [0.1, 0.15) is 0 Å². The zero-order chi connectivity index (χ0) is 26.2. The number of phosphoric acid groups is 1. The fourth-order valence-corrected chi connectivity index (χ4v) is 6.78. The van der Waals surface area contributed by atoms with Crippen molar-refractivity contribution in [1.82, 2.24) is 0 Å². The van der Waals surface area contributed by atoms with Crippen molar-refractivity contribution in [3.63, 3.8) is 0 Å². The molecule has 4 nitrogen and oxygen atoms in total. The van der Waals surface area contributed by atoms with Crippen molar-refractivity contribution in [2.45, 2.75) is 199 Å². The molecule has 0 saturated carbocycles. The molecule has 0 bridgehead atoms. The molecule has 1 saturated heterocycles. The summed E-state index contributed by atoms with van der Waals surface area (Å²) < 4.78 is 22.5. The molecule has 0 aromatic heterocycles. The Morgan fingerprint density at radius 2 is 0.667 bits per heavy atom. The Labute approximate surface area is 225 Å². The summed E-state index contributed by atoms with van der Waals surface area (Å²) in [5.41, 5.74) is 0. The summed E-state index contributed by atoms with van der Waals surface area (Å²) in [6, 6.07) is 0. The van der Waals surface area contributed by atoms with Gasteiger partial charge in [0.2, 0.25) is 0 Å². The second-order valence-electron chi connectivity index (χ2n) is 11.5. The molecular formula is C31H63O4P. The monoisotopic (exact) mass is 530 g/mol. The van der Waals surface area contributed by atoms with Gasteiger partial charge in [-0.15, -0.1) is 0 Å². The maximum absolute atomic E-state index is 11.7. The van der Waals surface area contributed by atoms with Gasteiger partial charge in [-0.25, -0.2) is 4.57 Å². The highest BCUT2D eigenvalue weighted by Gasteiger charge is 2.54.